The Kier molecular flexibility index (Phi) is 8.35. The minimum absolute atomic E-state index is 0.380. The highest BCUT2D eigenvalue weighted by atomic mass is 32.2. The van der Waals surface area contributed by atoms with E-state index in [4.69, 9.17) is 10.5 Å². The topological polar surface area (TPSA) is 90.3 Å². The van der Waals surface area contributed by atoms with Crippen molar-refractivity contribution < 1.29 is 4.74 Å². The number of hydrogen-bond donors (Lipinski definition) is 2. The molecule has 3 rings (SSSR count). The number of guanidine groups is 1. The molecule has 1 aromatic heterocycles. The molecule has 0 aliphatic heterocycles. The van der Waals surface area contributed by atoms with Gasteiger partial charge in [0.05, 0.1) is 0 Å². The van der Waals surface area contributed by atoms with Crippen LogP contribution in [0.3, 0.4) is 0 Å². The second-order valence-corrected chi connectivity index (χ2v) is 8.32. The summed E-state index contributed by atoms with van der Waals surface area (Å²) in [5.41, 5.74) is 6.90. The van der Waals surface area contributed by atoms with Crippen molar-refractivity contribution >= 4 is 23.4 Å². The third kappa shape index (κ3) is 7.03. The number of aromatic nitrogens is 3. The van der Waals surface area contributed by atoms with Gasteiger partial charge in [0.1, 0.15) is 17.3 Å². The Morgan fingerprint density at radius 1 is 1.13 bits per heavy atom. The Labute approximate surface area is 188 Å². The van der Waals surface area contributed by atoms with Gasteiger partial charge in [-0.1, -0.05) is 49.9 Å². The van der Waals surface area contributed by atoms with Crippen LogP contribution in [0.25, 0.3) is 0 Å². The Hall–Kier alpha value is -3.00. The maximum absolute atomic E-state index is 6.07. The molecular formula is C23H30N6OS. The summed E-state index contributed by atoms with van der Waals surface area (Å²) in [7, 11) is 0. The predicted octanol–water partition coefficient (Wildman–Crippen LogP) is 4.81. The molecule has 0 saturated heterocycles. The highest BCUT2D eigenvalue weighted by molar-refractivity contribution is 7.98. The van der Waals surface area contributed by atoms with Gasteiger partial charge in [-0.25, -0.2) is 0 Å². The normalized spacial score (nSPS) is 11.7. The van der Waals surface area contributed by atoms with Gasteiger partial charge in [-0.3, -0.25) is 4.99 Å². The molecule has 0 bridgehead atoms. The summed E-state index contributed by atoms with van der Waals surface area (Å²) in [5, 5.41) is 12.7. The summed E-state index contributed by atoms with van der Waals surface area (Å²) in [5.74, 6) is 3.45. The number of hydrogen-bond acceptors (Lipinski definition) is 5. The van der Waals surface area contributed by atoms with Crippen LogP contribution in [0.2, 0.25) is 0 Å². The van der Waals surface area contributed by atoms with Gasteiger partial charge in [0, 0.05) is 31.3 Å². The molecule has 0 spiro atoms. The van der Waals surface area contributed by atoms with Crippen molar-refractivity contribution in [2.75, 3.05) is 18.1 Å². The molecule has 7 nitrogen and oxygen atoms in total. The van der Waals surface area contributed by atoms with Gasteiger partial charge < -0.3 is 20.4 Å². The van der Waals surface area contributed by atoms with E-state index in [0.717, 1.165) is 47.6 Å². The molecule has 0 radical (unpaired) electrons. The van der Waals surface area contributed by atoms with Gasteiger partial charge in [-0.2, -0.15) is 0 Å². The van der Waals surface area contributed by atoms with E-state index < -0.39 is 0 Å². The van der Waals surface area contributed by atoms with Gasteiger partial charge in [0.2, 0.25) is 0 Å². The maximum atomic E-state index is 6.07. The number of aliphatic imine (C=N–C) groups is 1. The van der Waals surface area contributed by atoms with Crippen LogP contribution < -0.4 is 15.8 Å². The van der Waals surface area contributed by atoms with Crippen LogP contribution in [0.15, 0.2) is 64.7 Å². The molecule has 164 valence electrons. The zero-order valence-electron chi connectivity index (χ0n) is 18.3. The number of rotatable bonds is 10. The summed E-state index contributed by atoms with van der Waals surface area (Å²) in [4.78, 5) is 4.45. The number of nitrogens with zero attached hydrogens (tertiary/aromatic N) is 4. The van der Waals surface area contributed by atoms with Gasteiger partial charge in [-0.15, -0.1) is 10.2 Å². The molecule has 0 amide bonds. The molecule has 0 unspecified atom stereocenters. The monoisotopic (exact) mass is 438 g/mol. The lowest BCUT2D eigenvalue weighted by Crippen LogP contribution is -2.23. The number of thioether (sulfide) groups is 1. The zero-order chi connectivity index (χ0) is 22.1. The summed E-state index contributed by atoms with van der Waals surface area (Å²) in [6.45, 7) is 5.93. The molecule has 0 atom stereocenters. The number of aryl methyl sites for hydroxylation is 1. The zero-order valence-corrected chi connectivity index (χ0v) is 19.1. The third-order valence-electron chi connectivity index (χ3n) is 4.45. The second kappa shape index (κ2) is 11.4. The predicted molar refractivity (Wildman–Crippen MR) is 128 cm³/mol. The van der Waals surface area contributed by atoms with Gasteiger partial charge in [0.15, 0.2) is 11.1 Å². The largest absolute Gasteiger partial charge is 0.457 e. The average Bonchev–Trinajstić information content (AvgIpc) is 3.13. The molecule has 8 heteroatoms. The van der Waals surface area contributed by atoms with E-state index in [1.54, 1.807) is 11.8 Å². The summed E-state index contributed by atoms with van der Waals surface area (Å²) in [6.07, 6.45) is 3.70. The molecule has 2 aromatic carbocycles. The lowest BCUT2D eigenvalue weighted by molar-refractivity contribution is 0.477. The average molecular weight is 439 g/mol. The number of nitrogens with one attached hydrogen (secondary N) is 1. The van der Waals surface area contributed by atoms with Crippen LogP contribution in [-0.2, 0) is 13.0 Å². The number of para-hydroxylation sites is 1. The first-order valence-electron chi connectivity index (χ1n) is 10.4. The molecule has 0 saturated carbocycles. The molecule has 3 N–H and O–H groups in total. The van der Waals surface area contributed by atoms with Crippen molar-refractivity contribution in [3.05, 3.63) is 60.4 Å². The Morgan fingerprint density at radius 3 is 2.65 bits per heavy atom. The maximum Gasteiger partial charge on any atom is 0.193 e. The Balaban J connectivity index is 1.52. The SMILES string of the molecule is CSc1nnc(CCCN=C(N)Nc2cccc(Oc3ccccc3)c2)n1CC(C)C. The fourth-order valence-corrected chi connectivity index (χ4v) is 3.61. The summed E-state index contributed by atoms with van der Waals surface area (Å²) >= 11 is 1.63. The Bertz CT molecular complexity index is 987. The van der Waals surface area contributed by atoms with Crippen LogP contribution in [0.5, 0.6) is 11.5 Å². The molecule has 0 fully saturated rings. The second-order valence-electron chi connectivity index (χ2n) is 7.55. The van der Waals surface area contributed by atoms with E-state index in [9.17, 15) is 0 Å². The molecule has 0 aliphatic carbocycles. The van der Waals surface area contributed by atoms with Gasteiger partial charge >= 0.3 is 0 Å². The highest BCUT2D eigenvalue weighted by Gasteiger charge is 2.12. The Morgan fingerprint density at radius 2 is 1.90 bits per heavy atom. The number of nitrogens with two attached hydrogens (primary N) is 1. The van der Waals surface area contributed by atoms with Crippen molar-refractivity contribution in [2.24, 2.45) is 16.6 Å². The number of anilines is 1. The minimum atomic E-state index is 0.380. The van der Waals surface area contributed by atoms with E-state index in [-0.39, 0.29) is 0 Å². The minimum Gasteiger partial charge on any atom is -0.457 e. The lowest BCUT2D eigenvalue weighted by atomic mass is 10.2. The van der Waals surface area contributed by atoms with E-state index in [1.807, 2.05) is 60.9 Å². The highest BCUT2D eigenvalue weighted by Crippen LogP contribution is 2.23. The van der Waals surface area contributed by atoms with Gasteiger partial charge in [0.25, 0.3) is 0 Å². The molecular weight excluding hydrogens is 408 g/mol. The fourth-order valence-electron chi connectivity index (χ4n) is 3.09. The van der Waals surface area contributed by atoms with Crippen molar-refractivity contribution in [1.29, 1.82) is 0 Å². The standard InChI is InChI=1S/C23H30N6OS/c1-17(2)16-29-21(27-28-23(29)31-3)13-8-14-25-22(24)26-18-9-7-12-20(15-18)30-19-10-5-4-6-11-19/h4-7,9-12,15,17H,8,13-14,16H2,1-3H3,(H3,24,25,26). The summed E-state index contributed by atoms with van der Waals surface area (Å²) in [6, 6.07) is 17.3. The van der Waals surface area contributed by atoms with E-state index in [0.29, 0.717) is 18.4 Å². The fraction of sp³-hybridized carbons (Fsp3) is 0.348. The van der Waals surface area contributed by atoms with Crippen molar-refractivity contribution in [2.45, 2.75) is 38.4 Å². The van der Waals surface area contributed by atoms with Crippen LogP contribution in [0.4, 0.5) is 5.69 Å². The van der Waals surface area contributed by atoms with E-state index in [1.165, 1.54) is 0 Å². The van der Waals surface area contributed by atoms with Crippen LogP contribution >= 0.6 is 11.8 Å². The smallest absolute Gasteiger partial charge is 0.193 e. The van der Waals surface area contributed by atoms with E-state index in [2.05, 4.69) is 38.9 Å². The number of benzene rings is 2. The molecule has 31 heavy (non-hydrogen) atoms. The third-order valence-corrected chi connectivity index (χ3v) is 5.12. The van der Waals surface area contributed by atoms with Crippen LogP contribution in [-0.4, -0.2) is 33.5 Å². The molecule has 0 aliphatic rings. The summed E-state index contributed by atoms with van der Waals surface area (Å²) < 4.78 is 8.07. The number of ether oxygens (including phenoxy) is 1. The van der Waals surface area contributed by atoms with Crippen LogP contribution in [0.1, 0.15) is 26.1 Å². The van der Waals surface area contributed by atoms with Crippen molar-refractivity contribution in [1.82, 2.24) is 14.8 Å². The van der Waals surface area contributed by atoms with E-state index >= 15 is 0 Å². The first-order valence-corrected chi connectivity index (χ1v) is 11.6. The first kappa shape index (κ1) is 22.7. The molecule has 1 heterocycles. The van der Waals surface area contributed by atoms with Crippen LogP contribution in [0, 0.1) is 5.92 Å². The lowest BCUT2D eigenvalue weighted by Gasteiger charge is -2.11. The van der Waals surface area contributed by atoms with Crippen molar-refractivity contribution in [3.8, 4) is 11.5 Å². The van der Waals surface area contributed by atoms with Gasteiger partial charge in [-0.05, 0) is 42.9 Å². The van der Waals surface area contributed by atoms with Crippen molar-refractivity contribution in [3.63, 3.8) is 0 Å². The first-order chi connectivity index (χ1) is 15.0. The molecule has 3 aromatic rings. The quantitative estimate of drug-likeness (QED) is 0.204.